The van der Waals surface area contributed by atoms with Crippen LogP contribution < -0.4 is 18.9 Å². The Balaban J connectivity index is -0.00000000667. The van der Waals surface area contributed by atoms with Crippen molar-refractivity contribution in [3.63, 3.8) is 0 Å². The van der Waals surface area contributed by atoms with Crippen LogP contribution in [0.5, 0.6) is 0 Å². The summed E-state index contributed by atoms with van der Waals surface area (Å²) >= 11 is -1.44. The molecule has 0 heterocycles. The summed E-state index contributed by atoms with van der Waals surface area (Å²) in [6.07, 6.45) is 0. The van der Waals surface area contributed by atoms with Gasteiger partial charge in [-0.05, 0) is 0 Å². The maximum atomic E-state index is 8.41. The van der Waals surface area contributed by atoms with Crippen LogP contribution in [0, 0.1) is 0 Å². The molecule has 5 heavy (non-hydrogen) atoms. The van der Waals surface area contributed by atoms with Gasteiger partial charge in [0.25, 0.3) is 0 Å². The van der Waals surface area contributed by atoms with Gasteiger partial charge in [0, 0.05) is 0 Å². The molecule has 0 N–H and O–H groups in total. The predicted octanol–water partition coefficient (Wildman–Crippen LogP) is -4.31. The summed E-state index contributed by atoms with van der Waals surface area (Å²) in [5.41, 5.74) is 0. The molecule has 0 aliphatic rings. The Morgan fingerprint density at radius 3 is 1.40 bits per heavy atom. The second-order valence-corrected chi connectivity index (χ2v) is 0.260. The molecule has 0 radical (unpaired) electrons. The molecule has 0 aliphatic heterocycles. The second kappa shape index (κ2) is 17.5. The van der Waals surface area contributed by atoms with Crippen LogP contribution in [0.3, 0.4) is 0 Å². The van der Waals surface area contributed by atoms with Crippen molar-refractivity contribution in [2.45, 2.75) is 0 Å². The van der Waals surface area contributed by atoms with E-state index in [1.54, 1.807) is 0 Å². The van der Waals surface area contributed by atoms with Crippen LogP contribution in [-0.4, -0.2) is 26.2 Å². The van der Waals surface area contributed by atoms with Crippen molar-refractivity contribution < 1.29 is 42.8 Å². The van der Waals surface area contributed by atoms with Gasteiger partial charge < -0.3 is 1.43 Å². The molecule has 29 valence electrons. The molecule has 0 rings (SSSR count). The summed E-state index contributed by atoms with van der Waals surface area (Å²) in [7, 11) is 0. The van der Waals surface area contributed by atoms with Crippen molar-refractivity contribution in [1.29, 1.82) is 0 Å². The topological polar surface area (TPSA) is 34.1 Å². The zero-order valence-electron chi connectivity index (χ0n) is 3.90. The van der Waals surface area contributed by atoms with Crippen molar-refractivity contribution in [3.05, 3.63) is 0 Å². The van der Waals surface area contributed by atoms with Crippen LogP contribution >= 0.6 is 0 Å². The van der Waals surface area contributed by atoms with Gasteiger partial charge >= 0.3 is 67.6 Å². The van der Waals surface area contributed by atoms with Gasteiger partial charge in [-0.15, -0.1) is 0 Å². The Labute approximate surface area is 68.4 Å². The third kappa shape index (κ3) is 28.3. The van der Waals surface area contributed by atoms with E-state index in [-0.39, 0.29) is 46.5 Å². The van der Waals surface area contributed by atoms with Crippen LogP contribution in [0.4, 0.5) is 0 Å². The molecule has 0 saturated heterocycles. The van der Waals surface area contributed by atoms with Crippen molar-refractivity contribution in [1.82, 2.24) is 0 Å². The van der Waals surface area contributed by atoms with E-state index in [2.05, 4.69) is 0 Å². The Morgan fingerprint density at radius 1 is 1.40 bits per heavy atom. The van der Waals surface area contributed by atoms with Crippen LogP contribution in [-0.2, 0) is 22.5 Å². The first-order valence-electron chi connectivity index (χ1n) is 0.309. The van der Waals surface area contributed by atoms with Gasteiger partial charge in [0.2, 0.25) is 0 Å². The first-order valence-corrected chi connectivity index (χ1v) is 1.27. The predicted molar refractivity (Wildman–Crippen MR) is 12.4 cm³/mol. The van der Waals surface area contributed by atoms with Gasteiger partial charge in [0.1, 0.15) is 0 Å². The second-order valence-electron chi connectivity index (χ2n) is 0.0630. The number of hydrogen-bond donors (Lipinski definition) is 0. The van der Waals surface area contributed by atoms with Crippen molar-refractivity contribution in [2.24, 2.45) is 0 Å². The molecular formula is H4BiLiMnO2. The molecule has 0 bridgehead atoms. The monoisotopic (exact) mass is 307 g/mol. The van der Waals surface area contributed by atoms with E-state index in [0.29, 0.717) is 0 Å². The van der Waals surface area contributed by atoms with E-state index < -0.39 is 14.8 Å². The summed E-state index contributed by atoms with van der Waals surface area (Å²) in [6, 6.07) is 0. The Hall–Kier alpha value is 1.60. The van der Waals surface area contributed by atoms with Gasteiger partial charge in [-0.2, -0.15) is 0 Å². The molecule has 0 fully saturated rings. The normalized spacial score (nSPS) is 2.40. The average Bonchev–Trinajstić information content (AvgIpc) is 0.918. The standard InChI is InChI=1S/Bi.Li.Mn.2O.4H/q;+1;;;;;;;-1. The Morgan fingerprint density at radius 2 is 1.40 bits per heavy atom. The summed E-state index contributed by atoms with van der Waals surface area (Å²) in [5, 5.41) is 0. The number of rotatable bonds is 0. The molecule has 0 saturated carbocycles. The number of hydrogen-bond acceptors (Lipinski definition) is 2. The van der Waals surface area contributed by atoms with Crippen molar-refractivity contribution >= 4 is 26.2 Å². The molecule has 0 aromatic rings. The Bertz CT molecular complexity index is 34.5. The van der Waals surface area contributed by atoms with Crippen LogP contribution in [0.2, 0.25) is 0 Å². The molecule has 0 atom stereocenters. The average molecular weight is 307 g/mol. The van der Waals surface area contributed by atoms with Crippen molar-refractivity contribution in [3.8, 4) is 0 Å². The van der Waals surface area contributed by atoms with Crippen LogP contribution in [0.1, 0.15) is 1.43 Å². The SMILES string of the molecule is [BiH3].[H-].[Li+].[O]=[Mn]=[O]. The van der Waals surface area contributed by atoms with Gasteiger partial charge in [0.15, 0.2) is 0 Å². The van der Waals surface area contributed by atoms with E-state index >= 15 is 0 Å². The van der Waals surface area contributed by atoms with Crippen molar-refractivity contribution in [2.75, 3.05) is 0 Å². The van der Waals surface area contributed by atoms with Gasteiger partial charge in [-0.25, -0.2) is 0 Å². The van der Waals surface area contributed by atoms with E-state index in [0.717, 1.165) is 0 Å². The van der Waals surface area contributed by atoms with E-state index in [9.17, 15) is 0 Å². The third-order valence-corrected chi connectivity index (χ3v) is 0. The fourth-order valence-electron chi connectivity index (χ4n) is 0. The molecule has 0 amide bonds. The zero-order valence-corrected chi connectivity index (χ0v) is 9.58. The van der Waals surface area contributed by atoms with Crippen LogP contribution in [0.25, 0.3) is 0 Å². The Kier molecular flexibility index (Phi) is 56.0. The van der Waals surface area contributed by atoms with Gasteiger partial charge in [-0.1, -0.05) is 0 Å². The van der Waals surface area contributed by atoms with Crippen LogP contribution in [0.15, 0.2) is 0 Å². The summed E-state index contributed by atoms with van der Waals surface area (Å²) < 4.78 is 16.8. The fraction of sp³-hybridized carbons (Fsp3) is 0. The third-order valence-electron chi connectivity index (χ3n) is 0. The molecule has 0 aromatic carbocycles. The fourth-order valence-corrected chi connectivity index (χ4v) is 0. The van der Waals surface area contributed by atoms with E-state index in [4.69, 9.17) is 7.67 Å². The van der Waals surface area contributed by atoms with E-state index in [1.807, 2.05) is 0 Å². The molecule has 0 spiro atoms. The first kappa shape index (κ1) is 16.0. The molecule has 0 aromatic heterocycles. The minimum absolute atomic E-state index is 0. The molecule has 5 heteroatoms. The molecule has 0 unspecified atom stereocenters. The molecular weight excluding hydrogens is 303 g/mol. The molecule has 0 aliphatic carbocycles. The zero-order chi connectivity index (χ0) is 2.71. The maximum absolute atomic E-state index is 8.41. The van der Waals surface area contributed by atoms with Gasteiger partial charge in [0.05, 0.1) is 0 Å². The molecule has 2 nitrogen and oxygen atoms in total. The summed E-state index contributed by atoms with van der Waals surface area (Å²) in [4.78, 5) is 0. The minimum atomic E-state index is -1.44. The van der Waals surface area contributed by atoms with Gasteiger partial charge in [-0.3, -0.25) is 0 Å². The first-order chi connectivity index (χ1) is 1.41. The van der Waals surface area contributed by atoms with E-state index in [1.165, 1.54) is 0 Å². The summed E-state index contributed by atoms with van der Waals surface area (Å²) in [6.45, 7) is 0. The summed E-state index contributed by atoms with van der Waals surface area (Å²) in [5.74, 6) is 0. The quantitative estimate of drug-likeness (QED) is 0.424.